The first-order valence-corrected chi connectivity index (χ1v) is 8.42. The molecule has 2 aromatic heterocycles. The predicted octanol–water partition coefficient (Wildman–Crippen LogP) is -0.959. The van der Waals surface area contributed by atoms with Gasteiger partial charge in [-0.25, -0.2) is 0 Å². The first kappa shape index (κ1) is 35.1. The van der Waals surface area contributed by atoms with E-state index in [1.54, 1.807) is 0 Å². The SMILES string of the molecule is CC(=O)[O-].CC(=O)[O-].CC(C)(C)N(Cc1ccccn1)Cc1ccccn1.O.[Ni+3].[OH3+]. The second-order valence-electron chi connectivity index (χ2n) is 6.65. The van der Waals surface area contributed by atoms with Gasteiger partial charge in [-0.3, -0.25) is 14.9 Å². The molecule has 0 aliphatic carbocycles. The molecule has 0 unspecified atom stereocenters. The van der Waals surface area contributed by atoms with E-state index in [2.05, 4.69) is 47.8 Å². The Bertz CT molecular complexity index is 620. The Kier molecular flexibility index (Phi) is 21.8. The van der Waals surface area contributed by atoms with Crippen LogP contribution in [0.25, 0.3) is 0 Å². The standard InChI is InChI=1S/C16H21N3.2C2H4O2.Ni.2H2O/c1-16(2,3)19(12-14-8-4-6-10-17-14)13-15-9-5-7-11-18-15;2*1-2(3)4;;;/h4-11H,12-13H2,1-3H3;2*1H3,(H,3,4);;2*1H2/q;;;+3;;/p-1. The van der Waals surface area contributed by atoms with Crippen LogP contribution in [0.5, 0.6) is 0 Å². The van der Waals surface area contributed by atoms with Crippen molar-refractivity contribution in [3.63, 3.8) is 0 Å². The Morgan fingerprint density at radius 3 is 1.37 bits per heavy atom. The van der Waals surface area contributed by atoms with Crippen molar-refractivity contribution in [3.8, 4) is 0 Å². The number of nitrogens with zero attached hydrogens (tertiary/aromatic N) is 3. The molecule has 0 saturated carbocycles. The van der Waals surface area contributed by atoms with E-state index in [1.807, 2.05) is 36.7 Å². The third-order valence-corrected chi connectivity index (χ3v) is 3.11. The third-order valence-electron chi connectivity index (χ3n) is 3.11. The Morgan fingerprint density at radius 2 is 1.17 bits per heavy atom. The average molecular weight is 469 g/mol. The molecule has 30 heavy (non-hydrogen) atoms. The molecule has 0 amide bonds. The second-order valence-corrected chi connectivity index (χ2v) is 6.65. The minimum absolute atomic E-state index is 0. The summed E-state index contributed by atoms with van der Waals surface area (Å²) in [6.07, 6.45) is 3.69. The number of carbonyl (C=O) groups is 2. The van der Waals surface area contributed by atoms with Gasteiger partial charge in [0.1, 0.15) is 0 Å². The number of carboxylic acids is 2. The summed E-state index contributed by atoms with van der Waals surface area (Å²) in [7, 11) is 0. The van der Waals surface area contributed by atoms with E-state index in [-0.39, 0.29) is 33.0 Å². The molecule has 10 heteroatoms. The van der Waals surface area contributed by atoms with Crippen LogP contribution in [-0.2, 0) is 44.6 Å². The molecule has 9 nitrogen and oxygen atoms in total. The van der Waals surface area contributed by atoms with Gasteiger partial charge in [-0.1, -0.05) is 12.1 Å². The fourth-order valence-electron chi connectivity index (χ4n) is 1.90. The van der Waals surface area contributed by atoms with Gasteiger partial charge >= 0.3 is 16.5 Å². The summed E-state index contributed by atoms with van der Waals surface area (Å²) in [5.74, 6) is -2.17. The minimum Gasteiger partial charge on any atom is -0.550 e. The van der Waals surface area contributed by atoms with Crippen LogP contribution in [0.3, 0.4) is 0 Å². The number of aromatic nitrogens is 2. The van der Waals surface area contributed by atoms with E-state index in [0.29, 0.717) is 0 Å². The summed E-state index contributed by atoms with van der Waals surface area (Å²) in [5, 5.41) is 17.8. The van der Waals surface area contributed by atoms with Gasteiger partial charge in [0, 0.05) is 43.0 Å². The van der Waals surface area contributed by atoms with Gasteiger partial charge < -0.3 is 30.8 Å². The van der Waals surface area contributed by atoms with Gasteiger partial charge in [-0.2, -0.15) is 0 Å². The van der Waals surface area contributed by atoms with Crippen LogP contribution in [0.2, 0.25) is 0 Å². The fourth-order valence-corrected chi connectivity index (χ4v) is 1.90. The molecule has 0 fully saturated rings. The zero-order chi connectivity index (χ0) is 20.9. The van der Waals surface area contributed by atoms with Gasteiger partial charge in [0.25, 0.3) is 0 Å². The molecule has 0 aliphatic heterocycles. The maximum Gasteiger partial charge on any atom is 3.00 e. The monoisotopic (exact) mass is 468 g/mol. The van der Waals surface area contributed by atoms with Crippen molar-refractivity contribution >= 4 is 11.9 Å². The molecular weight excluding hydrogens is 437 g/mol. The normalized spacial score (nSPS) is 9.13. The number of hydrogen-bond donors (Lipinski definition) is 0. The van der Waals surface area contributed by atoms with E-state index in [4.69, 9.17) is 19.8 Å². The Morgan fingerprint density at radius 1 is 0.867 bits per heavy atom. The number of carboxylic acid groups (broad SMARTS) is 2. The van der Waals surface area contributed by atoms with Crippen LogP contribution in [0.15, 0.2) is 48.8 Å². The van der Waals surface area contributed by atoms with Gasteiger partial charge in [0.05, 0.1) is 11.4 Å². The number of hydrogen-bond acceptors (Lipinski definition) is 7. The van der Waals surface area contributed by atoms with Crippen molar-refractivity contribution in [1.29, 1.82) is 0 Å². The molecule has 0 spiro atoms. The van der Waals surface area contributed by atoms with Crippen molar-refractivity contribution in [2.24, 2.45) is 0 Å². The molecule has 0 aliphatic rings. The van der Waals surface area contributed by atoms with Gasteiger partial charge in [-0.05, 0) is 58.9 Å². The topological polar surface area (TPSA) is 174 Å². The molecule has 2 heterocycles. The minimum atomic E-state index is -1.08. The smallest absolute Gasteiger partial charge is 0.550 e. The molecule has 2 aromatic rings. The summed E-state index contributed by atoms with van der Waals surface area (Å²) >= 11 is 0. The molecule has 0 aromatic carbocycles. The zero-order valence-corrected chi connectivity index (χ0v) is 18.9. The molecule has 5 N–H and O–H groups in total. The van der Waals surface area contributed by atoms with Crippen molar-refractivity contribution in [3.05, 3.63) is 60.2 Å². The van der Waals surface area contributed by atoms with Crippen LogP contribution in [-0.4, -0.2) is 37.8 Å². The molecule has 0 bridgehead atoms. The largest absolute Gasteiger partial charge is 3.00 e. The van der Waals surface area contributed by atoms with Gasteiger partial charge in [0.15, 0.2) is 0 Å². The summed E-state index contributed by atoms with van der Waals surface area (Å²) in [4.78, 5) is 29.0. The molecule has 171 valence electrons. The first-order chi connectivity index (χ1) is 12.5. The molecule has 1 radical (unpaired) electrons. The van der Waals surface area contributed by atoms with Crippen LogP contribution in [0, 0.1) is 0 Å². The maximum absolute atomic E-state index is 8.89. The van der Waals surface area contributed by atoms with Crippen LogP contribution >= 0.6 is 0 Å². The average Bonchev–Trinajstić information content (AvgIpc) is 2.54. The predicted molar refractivity (Wildman–Crippen MR) is 107 cm³/mol. The fraction of sp³-hybridized carbons (Fsp3) is 0.400. The van der Waals surface area contributed by atoms with E-state index in [1.165, 1.54) is 0 Å². The Hall–Kier alpha value is -2.39. The number of carbonyl (C=O) groups excluding carboxylic acids is 2. The summed E-state index contributed by atoms with van der Waals surface area (Å²) in [6.45, 7) is 10.3. The number of rotatable bonds is 4. The van der Waals surface area contributed by atoms with Crippen molar-refractivity contribution < 1.29 is 47.2 Å². The van der Waals surface area contributed by atoms with E-state index in [0.717, 1.165) is 38.3 Å². The summed E-state index contributed by atoms with van der Waals surface area (Å²) in [5.41, 5.74) is 2.26. The van der Waals surface area contributed by atoms with Gasteiger partial charge in [0.2, 0.25) is 0 Å². The maximum atomic E-state index is 8.89. The molecule has 0 atom stereocenters. The van der Waals surface area contributed by atoms with E-state index in [9.17, 15) is 0 Å². The van der Waals surface area contributed by atoms with Crippen molar-refractivity contribution in [2.45, 2.75) is 53.2 Å². The molecule has 0 saturated heterocycles. The molecular formula is C20H32N3NiO6+2. The summed E-state index contributed by atoms with van der Waals surface area (Å²) < 4.78 is 0. The first-order valence-electron chi connectivity index (χ1n) is 8.42. The van der Waals surface area contributed by atoms with Gasteiger partial charge in [-0.15, -0.1) is 0 Å². The number of pyridine rings is 2. The van der Waals surface area contributed by atoms with E-state index >= 15 is 0 Å². The van der Waals surface area contributed by atoms with Crippen LogP contribution in [0.4, 0.5) is 0 Å². The Balaban J connectivity index is -0.000000266. The van der Waals surface area contributed by atoms with E-state index < -0.39 is 11.9 Å². The van der Waals surface area contributed by atoms with Crippen molar-refractivity contribution in [1.82, 2.24) is 14.9 Å². The third kappa shape index (κ3) is 20.4. The quantitative estimate of drug-likeness (QED) is 0.409. The summed E-state index contributed by atoms with van der Waals surface area (Å²) in [6, 6.07) is 12.1. The Labute approximate surface area is 187 Å². The van der Waals surface area contributed by atoms with Crippen LogP contribution < -0.4 is 10.2 Å². The molecule has 2 rings (SSSR count). The zero-order valence-electron chi connectivity index (χ0n) is 17.9. The van der Waals surface area contributed by atoms with Crippen LogP contribution in [0.1, 0.15) is 46.0 Å². The van der Waals surface area contributed by atoms with Crippen molar-refractivity contribution in [2.75, 3.05) is 0 Å². The number of aliphatic carboxylic acids is 2. The second kappa shape index (κ2) is 18.6.